The van der Waals surface area contributed by atoms with E-state index in [1.54, 1.807) is 25.1 Å². The Morgan fingerprint density at radius 1 is 1.35 bits per heavy atom. The molecule has 2 aromatic rings. The van der Waals surface area contributed by atoms with E-state index in [1.165, 1.54) is 4.68 Å². The molecule has 5 nitrogen and oxygen atoms in total. The van der Waals surface area contributed by atoms with Crippen LogP contribution in [0.25, 0.3) is 5.69 Å². The highest BCUT2D eigenvalue weighted by atomic mass is 35.5. The first-order chi connectivity index (χ1) is 7.99. The van der Waals surface area contributed by atoms with Crippen LogP contribution in [-0.4, -0.2) is 25.8 Å². The van der Waals surface area contributed by atoms with Gasteiger partial charge in [-0.1, -0.05) is 23.2 Å². The molecular weight excluding hydrogens is 265 g/mol. The van der Waals surface area contributed by atoms with Gasteiger partial charge in [-0.25, -0.2) is 14.5 Å². The number of benzene rings is 1. The summed E-state index contributed by atoms with van der Waals surface area (Å²) in [6.07, 6.45) is 0. The number of carboxylic acid groups (broad SMARTS) is 1. The Morgan fingerprint density at radius 3 is 2.59 bits per heavy atom. The highest BCUT2D eigenvalue weighted by molar-refractivity contribution is 6.42. The highest BCUT2D eigenvalue weighted by Crippen LogP contribution is 2.24. The van der Waals surface area contributed by atoms with Crippen LogP contribution in [-0.2, 0) is 0 Å². The van der Waals surface area contributed by atoms with Gasteiger partial charge in [0, 0.05) is 0 Å². The Balaban J connectivity index is 2.52. The van der Waals surface area contributed by atoms with E-state index in [9.17, 15) is 4.79 Å². The van der Waals surface area contributed by atoms with Gasteiger partial charge in [0.2, 0.25) is 0 Å². The zero-order chi connectivity index (χ0) is 12.6. The van der Waals surface area contributed by atoms with Gasteiger partial charge in [0.25, 0.3) is 5.82 Å². The van der Waals surface area contributed by atoms with Crippen LogP contribution in [0.1, 0.15) is 16.4 Å². The average molecular weight is 272 g/mol. The van der Waals surface area contributed by atoms with E-state index in [0.29, 0.717) is 21.6 Å². The van der Waals surface area contributed by atoms with Crippen LogP contribution >= 0.6 is 23.2 Å². The van der Waals surface area contributed by atoms with Crippen molar-refractivity contribution in [3.63, 3.8) is 0 Å². The molecule has 0 aliphatic heterocycles. The van der Waals surface area contributed by atoms with Crippen LogP contribution in [0.3, 0.4) is 0 Å². The van der Waals surface area contributed by atoms with Gasteiger partial charge < -0.3 is 5.11 Å². The molecule has 1 N–H and O–H groups in total. The van der Waals surface area contributed by atoms with Crippen molar-refractivity contribution >= 4 is 29.2 Å². The molecule has 0 aliphatic rings. The molecule has 0 saturated carbocycles. The molecule has 0 radical (unpaired) electrons. The number of hydrogen-bond acceptors (Lipinski definition) is 3. The highest BCUT2D eigenvalue weighted by Gasteiger charge is 2.14. The monoisotopic (exact) mass is 271 g/mol. The number of nitrogens with zero attached hydrogens (tertiary/aromatic N) is 3. The smallest absolute Gasteiger partial charge is 0.375 e. The van der Waals surface area contributed by atoms with Gasteiger partial charge in [-0.05, 0) is 25.1 Å². The SMILES string of the molecule is Cc1nc(C(=O)O)nn1-c1ccc(Cl)c(Cl)c1. The fraction of sp³-hybridized carbons (Fsp3) is 0.100. The lowest BCUT2D eigenvalue weighted by Crippen LogP contribution is -2.02. The molecule has 0 aliphatic carbocycles. The van der Waals surface area contributed by atoms with Crippen molar-refractivity contribution in [1.29, 1.82) is 0 Å². The minimum atomic E-state index is -1.17. The number of aryl methyl sites for hydroxylation is 1. The van der Waals surface area contributed by atoms with Gasteiger partial charge >= 0.3 is 5.97 Å². The normalized spacial score (nSPS) is 10.5. The Kier molecular flexibility index (Phi) is 3.04. The summed E-state index contributed by atoms with van der Waals surface area (Å²) < 4.78 is 1.39. The van der Waals surface area contributed by atoms with Crippen molar-refractivity contribution in [3.05, 3.63) is 39.9 Å². The molecular formula is C10H7Cl2N3O2. The number of hydrogen-bond donors (Lipinski definition) is 1. The lowest BCUT2D eigenvalue weighted by Gasteiger charge is -2.03. The second-order valence-corrected chi connectivity index (χ2v) is 4.11. The fourth-order valence-electron chi connectivity index (χ4n) is 1.34. The number of halogens is 2. The van der Waals surface area contributed by atoms with Crippen LogP contribution in [0.2, 0.25) is 10.0 Å². The lowest BCUT2D eigenvalue weighted by molar-refractivity contribution is 0.0683. The van der Waals surface area contributed by atoms with Crippen LogP contribution in [0.15, 0.2) is 18.2 Å². The summed E-state index contributed by atoms with van der Waals surface area (Å²) in [5.74, 6) is -0.971. The third kappa shape index (κ3) is 2.25. The third-order valence-electron chi connectivity index (χ3n) is 2.11. The van der Waals surface area contributed by atoms with E-state index in [1.807, 2.05) is 0 Å². The van der Waals surface area contributed by atoms with Crippen molar-refractivity contribution < 1.29 is 9.90 Å². The Morgan fingerprint density at radius 2 is 2.06 bits per heavy atom. The Labute approximate surface area is 107 Å². The quantitative estimate of drug-likeness (QED) is 0.912. The zero-order valence-electron chi connectivity index (χ0n) is 8.69. The van der Waals surface area contributed by atoms with Gasteiger partial charge in [-0.3, -0.25) is 0 Å². The van der Waals surface area contributed by atoms with Gasteiger partial charge in [-0.2, -0.15) is 0 Å². The fourth-order valence-corrected chi connectivity index (χ4v) is 1.63. The molecule has 0 bridgehead atoms. The summed E-state index contributed by atoms with van der Waals surface area (Å²) >= 11 is 11.7. The maximum atomic E-state index is 10.7. The van der Waals surface area contributed by atoms with Gasteiger partial charge in [0.05, 0.1) is 15.7 Å². The summed E-state index contributed by atoms with van der Waals surface area (Å²) in [4.78, 5) is 14.5. The van der Waals surface area contributed by atoms with Crippen LogP contribution in [0, 0.1) is 6.92 Å². The first-order valence-corrected chi connectivity index (χ1v) is 5.37. The minimum absolute atomic E-state index is 0.256. The number of carboxylic acids is 1. The molecule has 1 heterocycles. The van der Waals surface area contributed by atoms with E-state index < -0.39 is 5.97 Å². The number of rotatable bonds is 2. The molecule has 0 amide bonds. The first-order valence-electron chi connectivity index (χ1n) is 4.61. The van der Waals surface area contributed by atoms with E-state index in [2.05, 4.69) is 10.1 Å². The third-order valence-corrected chi connectivity index (χ3v) is 2.85. The van der Waals surface area contributed by atoms with Crippen molar-refractivity contribution in [1.82, 2.24) is 14.8 Å². The number of aromatic carboxylic acids is 1. The summed E-state index contributed by atoms with van der Waals surface area (Å²) in [6.45, 7) is 1.65. The van der Waals surface area contributed by atoms with Gasteiger partial charge in [0.15, 0.2) is 0 Å². The standard InChI is InChI=1S/C10H7Cl2N3O2/c1-5-13-9(10(16)17)14-15(5)6-2-3-7(11)8(12)4-6/h2-4H,1H3,(H,16,17). The molecule has 0 spiro atoms. The van der Waals surface area contributed by atoms with Crippen molar-refractivity contribution in [2.75, 3.05) is 0 Å². The maximum Gasteiger partial charge on any atom is 0.375 e. The number of aromatic nitrogens is 3. The molecule has 2 rings (SSSR count). The summed E-state index contributed by atoms with van der Waals surface area (Å²) in [5, 5.41) is 13.4. The largest absolute Gasteiger partial charge is 0.475 e. The van der Waals surface area contributed by atoms with E-state index in [0.717, 1.165) is 0 Å². The predicted octanol–water partition coefficient (Wildman–Crippen LogP) is 2.58. The van der Waals surface area contributed by atoms with Crippen molar-refractivity contribution in [3.8, 4) is 5.69 Å². The van der Waals surface area contributed by atoms with E-state index in [4.69, 9.17) is 28.3 Å². The minimum Gasteiger partial charge on any atom is -0.475 e. The summed E-state index contributed by atoms with van der Waals surface area (Å²) in [6, 6.07) is 4.89. The Bertz CT molecular complexity index is 595. The van der Waals surface area contributed by atoms with Crippen LogP contribution < -0.4 is 0 Å². The van der Waals surface area contributed by atoms with Crippen molar-refractivity contribution in [2.24, 2.45) is 0 Å². The summed E-state index contributed by atoms with van der Waals surface area (Å²) in [7, 11) is 0. The van der Waals surface area contributed by atoms with E-state index >= 15 is 0 Å². The molecule has 88 valence electrons. The second kappa shape index (κ2) is 4.35. The topological polar surface area (TPSA) is 68.0 Å². The van der Waals surface area contributed by atoms with Gasteiger partial charge in [0.1, 0.15) is 5.82 Å². The summed E-state index contributed by atoms with van der Waals surface area (Å²) in [5.41, 5.74) is 0.608. The molecule has 0 atom stereocenters. The average Bonchev–Trinajstić information content (AvgIpc) is 2.65. The number of carbonyl (C=O) groups is 1. The first kappa shape index (κ1) is 11.9. The molecule has 0 saturated heterocycles. The maximum absolute atomic E-state index is 10.7. The molecule has 17 heavy (non-hydrogen) atoms. The second-order valence-electron chi connectivity index (χ2n) is 3.30. The molecule has 0 fully saturated rings. The predicted molar refractivity (Wildman–Crippen MR) is 63.1 cm³/mol. The molecule has 0 unspecified atom stereocenters. The zero-order valence-corrected chi connectivity index (χ0v) is 10.2. The van der Waals surface area contributed by atoms with Crippen LogP contribution in [0.4, 0.5) is 0 Å². The molecule has 7 heteroatoms. The lowest BCUT2D eigenvalue weighted by atomic mass is 10.3. The van der Waals surface area contributed by atoms with Crippen molar-refractivity contribution in [2.45, 2.75) is 6.92 Å². The molecule has 1 aromatic heterocycles. The van der Waals surface area contributed by atoms with E-state index in [-0.39, 0.29) is 5.82 Å². The van der Waals surface area contributed by atoms with Crippen LogP contribution in [0.5, 0.6) is 0 Å². The molecule has 1 aromatic carbocycles. The van der Waals surface area contributed by atoms with Gasteiger partial charge in [-0.15, -0.1) is 5.10 Å². The Hall–Kier alpha value is -1.59.